The Balaban J connectivity index is 1.94. The number of rotatable bonds is 7. The van der Waals surface area contributed by atoms with Crippen molar-refractivity contribution in [1.82, 2.24) is 0 Å². The minimum Gasteiger partial charge on any atom is -0.322 e. The summed E-state index contributed by atoms with van der Waals surface area (Å²) in [6, 6.07) is 9.57. The maximum atomic E-state index is 12.2. The fraction of sp³-hybridized carbons (Fsp3) is 0.263. The number of aryl methyl sites for hydroxylation is 1. The number of hydrogen-bond acceptors (Lipinski definition) is 4. The van der Waals surface area contributed by atoms with Gasteiger partial charge in [0.15, 0.2) is 13.1 Å². The van der Waals surface area contributed by atoms with Crippen molar-refractivity contribution in [2.75, 3.05) is 30.8 Å². The van der Waals surface area contributed by atoms with Crippen LogP contribution in [0.2, 0.25) is 5.02 Å². The Bertz CT molecular complexity index is 917. The Labute approximate surface area is 167 Å². The molecular formula is C19H22ClN4O4+. The Hall–Kier alpha value is -2.97. The van der Waals surface area contributed by atoms with E-state index in [2.05, 4.69) is 10.6 Å². The highest BCUT2D eigenvalue weighted by atomic mass is 35.5. The predicted molar refractivity (Wildman–Crippen MR) is 108 cm³/mol. The molecule has 0 bridgehead atoms. The van der Waals surface area contributed by atoms with E-state index in [-0.39, 0.29) is 35.4 Å². The molecule has 2 aromatic carbocycles. The highest BCUT2D eigenvalue weighted by Crippen LogP contribution is 2.27. The van der Waals surface area contributed by atoms with Gasteiger partial charge >= 0.3 is 0 Å². The number of hydrogen-bond donors (Lipinski definition) is 3. The lowest BCUT2D eigenvalue weighted by Gasteiger charge is -2.15. The number of nitro benzene ring substituents is 1. The number of nitrogens with zero attached hydrogens (tertiary/aromatic N) is 1. The van der Waals surface area contributed by atoms with Gasteiger partial charge in [-0.3, -0.25) is 19.7 Å². The number of amides is 2. The largest absolute Gasteiger partial charge is 0.322 e. The summed E-state index contributed by atoms with van der Waals surface area (Å²) in [4.78, 5) is 35.6. The lowest BCUT2D eigenvalue weighted by molar-refractivity contribution is -0.862. The van der Waals surface area contributed by atoms with E-state index in [1.54, 1.807) is 7.05 Å². The zero-order valence-corrected chi connectivity index (χ0v) is 16.6. The summed E-state index contributed by atoms with van der Waals surface area (Å²) < 4.78 is 0. The summed E-state index contributed by atoms with van der Waals surface area (Å²) >= 11 is 5.85. The molecule has 3 N–H and O–H groups in total. The van der Waals surface area contributed by atoms with Gasteiger partial charge in [0.05, 0.1) is 12.0 Å². The van der Waals surface area contributed by atoms with Crippen LogP contribution in [0, 0.1) is 24.0 Å². The molecule has 2 aromatic rings. The molecule has 0 heterocycles. The number of carbonyl (C=O) groups is 2. The summed E-state index contributed by atoms with van der Waals surface area (Å²) in [6.07, 6.45) is 0. The first kappa shape index (κ1) is 21.3. The summed E-state index contributed by atoms with van der Waals surface area (Å²) in [5, 5.41) is 16.7. The third kappa shape index (κ3) is 5.77. The van der Waals surface area contributed by atoms with Crippen molar-refractivity contribution < 1.29 is 19.4 Å². The Kier molecular flexibility index (Phi) is 7.08. The molecule has 8 nitrogen and oxygen atoms in total. The van der Waals surface area contributed by atoms with Crippen LogP contribution >= 0.6 is 11.6 Å². The van der Waals surface area contributed by atoms with Gasteiger partial charge in [-0.2, -0.15) is 0 Å². The molecule has 1 atom stereocenters. The van der Waals surface area contributed by atoms with E-state index in [0.717, 1.165) is 16.8 Å². The molecule has 148 valence electrons. The Morgan fingerprint density at radius 1 is 1.07 bits per heavy atom. The zero-order valence-electron chi connectivity index (χ0n) is 15.8. The summed E-state index contributed by atoms with van der Waals surface area (Å²) in [6.45, 7) is 3.91. The third-order valence-corrected chi connectivity index (χ3v) is 4.47. The molecule has 0 aliphatic heterocycles. The Morgan fingerprint density at radius 3 is 2.29 bits per heavy atom. The van der Waals surface area contributed by atoms with Crippen LogP contribution in [-0.4, -0.2) is 36.9 Å². The van der Waals surface area contributed by atoms with E-state index in [9.17, 15) is 19.7 Å². The fourth-order valence-corrected chi connectivity index (χ4v) is 2.83. The summed E-state index contributed by atoms with van der Waals surface area (Å²) in [5.74, 6) is -0.685. The average Bonchev–Trinajstić information content (AvgIpc) is 2.58. The number of carbonyl (C=O) groups excluding carboxylic acids is 2. The van der Waals surface area contributed by atoms with Crippen molar-refractivity contribution in [2.45, 2.75) is 13.8 Å². The summed E-state index contributed by atoms with van der Waals surface area (Å²) in [5.41, 5.74) is 2.57. The molecule has 28 heavy (non-hydrogen) atoms. The first-order valence-corrected chi connectivity index (χ1v) is 8.96. The molecule has 0 saturated carbocycles. The first-order chi connectivity index (χ1) is 13.2. The average molecular weight is 406 g/mol. The maximum absolute atomic E-state index is 12.2. The number of likely N-dealkylation sites (N-methyl/N-ethyl adjacent to an activating group) is 1. The number of anilines is 2. The van der Waals surface area contributed by atoms with E-state index >= 15 is 0 Å². The number of quaternary nitrogens is 1. The van der Waals surface area contributed by atoms with Crippen LogP contribution in [-0.2, 0) is 9.59 Å². The van der Waals surface area contributed by atoms with E-state index < -0.39 is 10.8 Å². The van der Waals surface area contributed by atoms with Gasteiger partial charge in [0.2, 0.25) is 0 Å². The van der Waals surface area contributed by atoms with Crippen molar-refractivity contribution in [3.63, 3.8) is 0 Å². The predicted octanol–water partition coefficient (Wildman–Crippen LogP) is 1.96. The van der Waals surface area contributed by atoms with Gasteiger partial charge in [-0.25, -0.2) is 0 Å². The van der Waals surface area contributed by atoms with Gasteiger partial charge in [-0.15, -0.1) is 0 Å². The van der Waals surface area contributed by atoms with Gasteiger partial charge in [0, 0.05) is 16.8 Å². The quantitative estimate of drug-likeness (QED) is 0.483. The van der Waals surface area contributed by atoms with E-state index in [4.69, 9.17) is 11.6 Å². The van der Waals surface area contributed by atoms with Crippen LogP contribution in [0.4, 0.5) is 17.1 Å². The molecule has 9 heteroatoms. The maximum Gasteiger partial charge on any atom is 0.292 e. The normalized spacial score (nSPS) is 11.6. The molecule has 2 rings (SSSR count). The highest BCUT2D eigenvalue weighted by Gasteiger charge is 2.19. The first-order valence-electron chi connectivity index (χ1n) is 8.58. The van der Waals surface area contributed by atoms with Crippen LogP contribution in [0.5, 0.6) is 0 Å². The minimum absolute atomic E-state index is 0.0233. The van der Waals surface area contributed by atoms with Crippen molar-refractivity contribution >= 4 is 40.5 Å². The summed E-state index contributed by atoms with van der Waals surface area (Å²) in [7, 11) is 1.69. The molecule has 0 aliphatic rings. The minimum atomic E-state index is -0.597. The Morgan fingerprint density at radius 2 is 1.68 bits per heavy atom. The molecule has 0 spiro atoms. The lowest BCUT2D eigenvalue weighted by atomic mass is 10.1. The van der Waals surface area contributed by atoms with Crippen molar-refractivity contribution in [3.05, 3.63) is 62.7 Å². The van der Waals surface area contributed by atoms with E-state index in [0.29, 0.717) is 4.90 Å². The van der Waals surface area contributed by atoms with Gasteiger partial charge in [0.1, 0.15) is 5.69 Å². The van der Waals surface area contributed by atoms with Crippen LogP contribution in [0.3, 0.4) is 0 Å². The van der Waals surface area contributed by atoms with Crippen molar-refractivity contribution in [1.29, 1.82) is 0 Å². The number of nitrogens with one attached hydrogen (secondary N) is 3. The highest BCUT2D eigenvalue weighted by molar-refractivity contribution is 6.31. The molecular weight excluding hydrogens is 384 g/mol. The SMILES string of the molecule is Cc1cccc(NC(=O)C[NH+](C)CC(=O)Nc2cc(Cl)ccc2[N+](=O)[O-])c1C. The fourth-order valence-electron chi connectivity index (χ4n) is 2.65. The van der Waals surface area contributed by atoms with Gasteiger partial charge < -0.3 is 15.5 Å². The number of halogens is 1. The second-order valence-electron chi connectivity index (χ2n) is 6.57. The molecule has 1 unspecified atom stereocenters. The molecule has 0 saturated heterocycles. The van der Waals surface area contributed by atoms with Crippen LogP contribution in [0.25, 0.3) is 0 Å². The monoisotopic (exact) mass is 405 g/mol. The van der Waals surface area contributed by atoms with E-state index in [1.807, 2.05) is 32.0 Å². The second-order valence-corrected chi connectivity index (χ2v) is 7.01. The van der Waals surface area contributed by atoms with Crippen molar-refractivity contribution in [2.24, 2.45) is 0 Å². The molecule has 2 amide bonds. The molecule has 0 aromatic heterocycles. The lowest BCUT2D eigenvalue weighted by Crippen LogP contribution is -3.11. The third-order valence-electron chi connectivity index (χ3n) is 4.23. The standard InChI is InChI=1S/C19H21ClN4O4/c1-12-5-4-6-15(13(12)2)21-18(25)10-23(3)11-19(26)22-16-9-14(20)7-8-17(16)24(27)28/h4-9H,10-11H2,1-3H3,(H,21,25)(H,22,26)/p+1. The van der Waals surface area contributed by atoms with E-state index in [1.165, 1.54) is 18.2 Å². The van der Waals surface area contributed by atoms with Gasteiger partial charge in [-0.05, 0) is 43.2 Å². The molecule has 0 fully saturated rings. The smallest absolute Gasteiger partial charge is 0.292 e. The topological polar surface area (TPSA) is 106 Å². The van der Waals surface area contributed by atoms with Crippen LogP contribution < -0.4 is 15.5 Å². The zero-order chi connectivity index (χ0) is 20.8. The van der Waals surface area contributed by atoms with Gasteiger partial charge in [0.25, 0.3) is 17.5 Å². The van der Waals surface area contributed by atoms with Crippen LogP contribution in [0.15, 0.2) is 36.4 Å². The van der Waals surface area contributed by atoms with Crippen LogP contribution in [0.1, 0.15) is 11.1 Å². The second kappa shape index (κ2) is 9.29. The molecule has 0 aliphatic carbocycles. The number of nitro groups is 1. The van der Waals surface area contributed by atoms with Gasteiger partial charge in [-0.1, -0.05) is 23.7 Å². The number of benzene rings is 2. The van der Waals surface area contributed by atoms with Crippen molar-refractivity contribution in [3.8, 4) is 0 Å². The molecule has 0 radical (unpaired) electrons.